The molecule has 1 aliphatic carbocycles. The molecule has 0 unspecified atom stereocenters. The van der Waals surface area contributed by atoms with Crippen molar-refractivity contribution in [1.82, 2.24) is 9.62 Å². The quantitative estimate of drug-likeness (QED) is 0.815. The predicted molar refractivity (Wildman–Crippen MR) is 68.6 cm³/mol. The zero-order valence-corrected chi connectivity index (χ0v) is 11.7. The van der Waals surface area contributed by atoms with E-state index in [1.165, 1.54) is 10.4 Å². The van der Waals surface area contributed by atoms with E-state index >= 15 is 0 Å². The molecule has 0 bridgehead atoms. The van der Waals surface area contributed by atoms with Crippen molar-refractivity contribution in [2.24, 2.45) is 5.92 Å². The Balaban J connectivity index is 2.15. The van der Waals surface area contributed by atoms with E-state index in [0.29, 0.717) is 31.3 Å². The van der Waals surface area contributed by atoms with Gasteiger partial charge in [-0.15, -0.1) is 0 Å². The Morgan fingerprint density at radius 1 is 1.44 bits per heavy atom. The van der Waals surface area contributed by atoms with Crippen LogP contribution in [-0.4, -0.2) is 32.9 Å². The third-order valence-electron chi connectivity index (χ3n) is 3.09. The van der Waals surface area contributed by atoms with Crippen LogP contribution in [0.2, 0.25) is 0 Å². The third-order valence-corrected chi connectivity index (χ3v) is 4.91. The van der Waals surface area contributed by atoms with E-state index in [1.807, 2.05) is 6.92 Å². The molecule has 0 aromatic carbocycles. The van der Waals surface area contributed by atoms with E-state index in [2.05, 4.69) is 5.32 Å². The van der Waals surface area contributed by atoms with Gasteiger partial charge in [0.05, 0.1) is 6.54 Å². The van der Waals surface area contributed by atoms with Crippen molar-refractivity contribution in [2.45, 2.75) is 31.4 Å². The molecule has 1 saturated carbocycles. The second-order valence-corrected chi connectivity index (χ2v) is 6.52. The number of nitrogens with zero attached hydrogens (tertiary/aromatic N) is 1. The van der Waals surface area contributed by atoms with Gasteiger partial charge in [0.15, 0.2) is 0 Å². The van der Waals surface area contributed by atoms with Crippen LogP contribution in [0.3, 0.4) is 0 Å². The van der Waals surface area contributed by atoms with Crippen molar-refractivity contribution in [3.63, 3.8) is 0 Å². The Morgan fingerprint density at radius 2 is 2.17 bits per heavy atom. The van der Waals surface area contributed by atoms with E-state index in [4.69, 9.17) is 4.42 Å². The summed E-state index contributed by atoms with van der Waals surface area (Å²) in [5, 5.41) is 2.98. The Labute approximate surface area is 108 Å². The van der Waals surface area contributed by atoms with Crippen LogP contribution >= 0.6 is 0 Å². The molecule has 18 heavy (non-hydrogen) atoms. The van der Waals surface area contributed by atoms with E-state index in [-0.39, 0.29) is 5.09 Å². The Hall–Kier alpha value is -0.850. The first kappa shape index (κ1) is 13.6. The molecule has 1 N–H and O–H groups in total. The van der Waals surface area contributed by atoms with Gasteiger partial charge in [-0.1, -0.05) is 6.92 Å². The minimum atomic E-state index is -3.46. The molecule has 102 valence electrons. The first-order valence-electron chi connectivity index (χ1n) is 6.31. The molecular formula is C12H20N2O3S. The average Bonchev–Trinajstić information content (AvgIpc) is 3.03. The summed E-state index contributed by atoms with van der Waals surface area (Å²) >= 11 is 0. The minimum absolute atomic E-state index is 0.0512. The fraction of sp³-hybridized carbons (Fsp3) is 0.667. The summed E-state index contributed by atoms with van der Waals surface area (Å²) in [7, 11) is -1.67. The molecule has 1 aliphatic rings. The number of hydrogen-bond donors (Lipinski definition) is 1. The highest BCUT2D eigenvalue weighted by atomic mass is 32.2. The molecule has 0 spiro atoms. The number of hydrogen-bond acceptors (Lipinski definition) is 4. The van der Waals surface area contributed by atoms with E-state index in [0.717, 1.165) is 12.8 Å². The van der Waals surface area contributed by atoms with Gasteiger partial charge in [-0.25, -0.2) is 8.42 Å². The fourth-order valence-corrected chi connectivity index (χ4v) is 3.33. The SMILES string of the molecule is CCN(CC1CC1)S(=O)(=O)c1ccc(CNC)o1. The van der Waals surface area contributed by atoms with Crippen molar-refractivity contribution >= 4 is 10.0 Å². The fourth-order valence-electron chi connectivity index (χ4n) is 1.88. The molecule has 1 heterocycles. The summed E-state index contributed by atoms with van der Waals surface area (Å²) in [5.74, 6) is 1.17. The second-order valence-electron chi connectivity index (χ2n) is 4.65. The molecule has 1 fully saturated rings. The lowest BCUT2D eigenvalue weighted by molar-refractivity contribution is 0.364. The smallest absolute Gasteiger partial charge is 0.276 e. The summed E-state index contributed by atoms with van der Waals surface area (Å²) in [4.78, 5) is 0. The highest BCUT2D eigenvalue weighted by Crippen LogP contribution is 2.31. The third kappa shape index (κ3) is 2.93. The van der Waals surface area contributed by atoms with E-state index < -0.39 is 10.0 Å². The normalized spacial score (nSPS) is 16.4. The lowest BCUT2D eigenvalue weighted by Gasteiger charge is -2.18. The minimum Gasteiger partial charge on any atom is -0.447 e. The molecule has 0 aliphatic heterocycles. The highest BCUT2D eigenvalue weighted by molar-refractivity contribution is 7.89. The maximum atomic E-state index is 12.4. The second kappa shape index (κ2) is 5.42. The largest absolute Gasteiger partial charge is 0.447 e. The summed E-state index contributed by atoms with van der Waals surface area (Å²) in [6.07, 6.45) is 2.27. The molecular weight excluding hydrogens is 252 g/mol. The van der Waals surface area contributed by atoms with Crippen LogP contribution in [0.1, 0.15) is 25.5 Å². The summed E-state index contributed by atoms with van der Waals surface area (Å²) in [5.41, 5.74) is 0. The van der Waals surface area contributed by atoms with Gasteiger partial charge in [0, 0.05) is 13.1 Å². The van der Waals surface area contributed by atoms with Crippen molar-refractivity contribution < 1.29 is 12.8 Å². The van der Waals surface area contributed by atoms with Gasteiger partial charge in [0.1, 0.15) is 5.76 Å². The molecule has 2 rings (SSSR count). The zero-order valence-electron chi connectivity index (χ0n) is 10.8. The highest BCUT2D eigenvalue weighted by Gasteiger charge is 2.32. The molecule has 6 heteroatoms. The Kier molecular flexibility index (Phi) is 4.09. The van der Waals surface area contributed by atoms with Gasteiger partial charge in [0.25, 0.3) is 10.0 Å². The molecule has 0 amide bonds. The van der Waals surface area contributed by atoms with Crippen molar-refractivity contribution in [3.05, 3.63) is 17.9 Å². The standard InChI is InChI=1S/C12H20N2O3S/c1-3-14(9-10-4-5-10)18(15,16)12-7-6-11(17-12)8-13-2/h6-7,10,13H,3-5,8-9H2,1-2H3. The van der Waals surface area contributed by atoms with Crippen molar-refractivity contribution in [2.75, 3.05) is 20.1 Å². The average molecular weight is 272 g/mol. The van der Waals surface area contributed by atoms with Gasteiger partial charge in [0.2, 0.25) is 5.09 Å². The van der Waals surface area contributed by atoms with Gasteiger partial charge < -0.3 is 9.73 Å². The monoisotopic (exact) mass is 272 g/mol. The van der Waals surface area contributed by atoms with E-state index in [9.17, 15) is 8.42 Å². The summed E-state index contributed by atoms with van der Waals surface area (Å²) < 4.78 is 31.6. The molecule has 1 aromatic heterocycles. The molecule has 5 nitrogen and oxygen atoms in total. The molecule has 0 atom stereocenters. The van der Waals surface area contributed by atoms with Gasteiger partial charge in [-0.3, -0.25) is 0 Å². The Bertz CT molecular complexity index is 491. The van der Waals surface area contributed by atoms with Crippen LogP contribution in [0.15, 0.2) is 21.6 Å². The van der Waals surface area contributed by atoms with Crippen LogP contribution in [0, 0.1) is 5.92 Å². The number of furan rings is 1. The van der Waals surface area contributed by atoms with Gasteiger partial charge in [-0.2, -0.15) is 4.31 Å². The summed E-state index contributed by atoms with van der Waals surface area (Å²) in [6.45, 7) is 3.49. The first-order chi connectivity index (χ1) is 8.57. The maximum absolute atomic E-state index is 12.4. The van der Waals surface area contributed by atoms with Crippen molar-refractivity contribution in [1.29, 1.82) is 0 Å². The predicted octanol–water partition coefficient (Wildman–Crippen LogP) is 1.42. The van der Waals surface area contributed by atoms with Gasteiger partial charge in [-0.05, 0) is 37.9 Å². The number of nitrogens with one attached hydrogen (secondary N) is 1. The van der Waals surface area contributed by atoms with Gasteiger partial charge >= 0.3 is 0 Å². The zero-order chi connectivity index (χ0) is 13.2. The molecule has 0 saturated heterocycles. The van der Waals surface area contributed by atoms with Crippen LogP contribution < -0.4 is 5.32 Å². The molecule has 1 aromatic rings. The lowest BCUT2D eigenvalue weighted by Crippen LogP contribution is -2.32. The summed E-state index contributed by atoms with van der Waals surface area (Å²) in [6, 6.07) is 3.24. The Morgan fingerprint density at radius 3 is 2.72 bits per heavy atom. The maximum Gasteiger partial charge on any atom is 0.276 e. The van der Waals surface area contributed by atoms with Crippen LogP contribution in [-0.2, 0) is 16.6 Å². The van der Waals surface area contributed by atoms with Crippen molar-refractivity contribution in [3.8, 4) is 0 Å². The molecule has 0 radical (unpaired) electrons. The van der Waals surface area contributed by atoms with Crippen LogP contribution in [0.25, 0.3) is 0 Å². The van der Waals surface area contributed by atoms with E-state index in [1.54, 1.807) is 13.1 Å². The van der Waals surface area contributed by atoms with Crippen LogP contribution in [0.4, 0.5) is 0 Å². The topological polar surface area (TPSA) is 62.6 Å². The lowest BCUT2D eigenvalue weighted by atomic mass is 10.4. The number of sulfonamides is 1. The first-order valence-corrected chi connectivity index (χ1v) is 7.75. The number of rotatable bonds is 7. The van der Waals surface area contributed by atoms with Crippen LogP contribution in [0.5, 0.6) is 0 Å².